The Kier molecular flexibility index (Phi) is 10.9. The molecule has 0 heterocycles. The highest BCUT2D eigenvalue weighted by atomic mass is 16.6. The zero-order valence-corrected chi connectivity index (χ0v) is 28.7. The minimum absolute atomic E-state index is 0.0219. The molecule has 6 aromatic carbocycles. The molecular formula is C38H30N6O12. The van der Waals surface area contributed by atoms with Crippen LogP contribution in [0.15, 0.2) is 121 Å². The van der Waals surface area contributed by atoms with Crippen molar-refractivity contribution in [3.05, 3.63) is 195 Å². The number of rotatable bonds is 14. The van der Waals surface area contributed by atoms with Crippen LogP contribution in [0.25, 0.3) is 10.8 Å². The molecule has 4 unspecified atom stereocenters. The monoisotopic (exact) mass is 762 g/mol. The van der Waals surface area contributed by atoms with E-state index in [0.29, 0.717) is 5.39 Å². The van der Waals surface area contributed by atoms with Crippen LogP contribution in [0.2, 0.25) is 0 Å². The number of hydrogen-bond acceptors (Lipinski definition) is 14. The average molecular weight is 763 g/mol. The maximum absolute atomic E-state index is 11.9. The van der Waals surface area contributed by atoms with E-state index in [1.54, 1.807) is 0 Å². The molecular weight excluding hydrogens is 732 g/mol. The van der Waals surface area contributed by atoms with Crippen molar-refractivity contribution in [2.75, 3.05) is 0 Å². The van der Waals surface area contributed by atoms with Crippen LogP contribution in [0.5, 0.6) is 11.5 Å². The summed E-state index contributed by atoms with van der Waals surface area (Å²) in [5.41, 5.74) is -1.26. The average Bonchev–Trinajstić information content (AvgIpc) is 3.19. The Morgan fingerprint density at radius 1 is 0.446 bits per heavy atom. The van der Waals surface area contributed by atoms with E-state index in [4.69, 9.17) is 0 Å². The summed E-state index contributed by atoms with van der Waals surface area (Å²) in [6.45, 7) is 0. The van der Waals surface area contributed by atoms with E-state index >= 15 is 0 Å². The van der Waals surface area contributed by atoms with Crippen LogP contribution < -0.4 is 10.6 Å². The van der Waals surface area contributed by atoms with E-state index in [1.165, 1.54) is 109 Å². The van der Waals surface area contributed by atoms with E-state index in [-0.39, 0.29) is 61.5 Å². The molecule has 18 heteroatoms. The van der Waals surface area contributed by atoms with Crippen LogP contribution in [0.3, 0.4) is 0 Å². The maximum Gasteiger partial charge on any atom is 0.269 e. The number of nitrogens with one attached hydrogen (secondary N) is 2. The number of benzene rings is 6. The van der Waals surface area contributed by atoms with Crippen molar-refractivity contribution in [1.82, 2.24) is 10.6 Å². The fourth-order valence-electron chi connectivity index (χ4n) is 6.49. The Morgan fingerprint density at radius 2 is 0.750 bits per heavy atom. The first-order valence-electron chi connectivity index (χ1n) is 16.6. The lowest BCUT2D eigenvalue weighted by molar-refractivity contribution is -0.385. The number of hydrogen-bond donors (Lipinski definition) is 6. The van der Waals surface area contributed by atoms with E-state index in [1.807, 2.05) is 0 Å². The lowest BCUT2D eigenvalue weighted by atomic mass is 9.85. The number of nitrogens with zero attached hydrogens (tertiary/aromatic N) is 4. The molecule has 0 saturated heterocycles. The molecule has 0 aliphatic rings. The molecule has 0 aliphatic carbocycles. The lowest BCUT2D eigenvalue weighted by Crippen LogP contribution is -2.29. The van der Waals surface area contributed by atoms with Crippen LogP contribution in [0.1, 0.15) is 57.9 Å². The number of phenolic OH excluding ortho intramolecular Hbond substituents is 2. The number of fused-ring (bicyclic) bond motifs is 1. The van der Waals surface area contributed by atoms with Gasteiger partial charge in [-0.25, -0.2) is 0 Å². The zero-order chi connectivity index (χ0) is 40.3. The van der Waals surface area contributed by atoms with E-state index in [9.17, 15) is 60.9 Å². The number of aliphatic hydroxyl groups excluding tert-OH is 2. The van der Waals surface area contributed by atoms with Crippen molar-refractivity contribution in [1.29, 1.82) is 0 Å². The van der Waals surface area contributed by atoms with Gasteiger partial charge >= 0.3 is 0 Å². The van der Waals surface area contributed by atoms with Crippen LogP contribution in [0.4, 0.5) is 22.7 Å². The number of aliphatic hydroxyl groups is 2. The first-order valence-corrected chi connectivity index (χ1v) is 16.6. The van der Waals surface area contributed by atoms with Crippen molar-refractivity contribution in [2.45, 2.75) is 24.5 Å². The Bertz CT molecular complexity index is 2350. The number of nitro benzene ring substituents is 4. The van der Waals surface area contributed by atoms with Crippen molar-refractivity contribution in [3.63, 3.8) is 0 Å². The first kappa shape index (κ1) is 38.3. The fraction of sp³-hybridized carbons (Fsp3) is 0.105. The Hall–Kier alpha value is -7.38. The van der Waals surface area contributed by atoms with Gasteiger partial charge in [-0.05, 0) is 34.0 Å². The van der Waals surface area contributed by atoms with Crippen LogP contribution in [-0.2, 0) is 0 Å². The first-order chi connectivity index (χ1) is 26.7. The summed E-state index contributed by atoms with van der Waals surface area (Å²) in [7, 11) is 0. The van der Waals surface area contributed by atoms with Gasteiger partial charge < -0.3 is 20.4 Å². The number of nitro groups is 4. The normalized spacial score (nSPS) is 13.4. The molecule has 0 spiro atoms. The second-order valence-corrected chi connectivity index (χ2v) is 12.5. The fourth-order valence-corrected chi connectivity index (χ4v) is 6.49. The Labute approximate surface area is 315 Å². The van der Waals surface area contributed by atoms with Crippen molar-refractivity contribution in [2.24, 2.45) is 0 Å². The van der Waals surface area contributed by atoms with Gasteiger partial charge in [0.05, 0.1) is 31.8 Å². The molecule has 0 radical (unpaired) electrons. The van der Waals surface area contributed by atoms with Gasteiger partial charge in [-0.15, -0.1) is 0 Å². The Balaban J connectivity index is 1.62. The molecule has 0 fully saturated rings. The molecule has 4 atom stereocenters. The van der Waals surface area contributed by atoms with Gasteiger partial charge in [0.15, 0.2) is 0 Å². The molecule has 0 aliphatic heterocycles. The van der Waals surface area contributed by atoms with E-state index in [2.05, 4.69) is 10.6 Å². The molecule has 0 saturated carbocycles. The van der Waals surface area contributed by atoms with Gasteiger partial charge in [-0.2, -0.15) is 0 Å². The predicted octanol–water partition coefficient (Wildman–Crippen LogP) is 6.62. The summed E-state index contributed by atoms with van der Waals surface area (Å²) in [4.78, 5) is 44.3. The maximum atomic E-state index is 11.9. The minimum atomic E-state index is -1.70. The summed E-state index contributed by atoms with van der Waals surface area (Å²) in [5.74, 6) is -0.895. The Morgan fingerprint density at radius 3 is 1.07 bits per heavy atom. The highest BCUT2D eigenvalue weighted by molar-refractivity contribution is 5.94. The molecule has 6 aromatic rings. The summed E-state index contributed by atoms with van der Waals surface area (Å²) < 4.78 is 0. The van der Waals surface area contributed by atoms with Crippen LogP contribution in [0, 0.1) is 40.5 Å². The quantitative estimate of drug-likeness (QED) is 0.0386. The number of phenols is 2. The number of aromatic hydroxyl groups is 2. The van der Waals surface area contributed by atoms with Crippen molar-refractivity contribution in [3.8, 4) is 11.5 Å². The topological polar surface area (TPSA) is 278 Å². The third kappa shape index (κ3) is 7.93. The lowest BCUT2D eigenvalue weighted by Gasteiger charge is -2.30. The van der Waals surface area contributed by atoms with Gasteiger partial charge in [0.1, 0.15) is 24.0 Å². The van der Waals surface area contributed by atoms with Gasteiger partial charge in [0.25, 0.3) is 22.7 Å². The summed E-state index contributed by atoms with van der Waals surface area (Å²) in [6.07, 6.45) is -3.40. The minimum Gasteiger partial charge on any atom is -0.508 e. The summed E-state index contributed by atoms with van der Waals surface area (Å²) >= 11 is 0. The van der Waals surface area contributed by atoms with Crippen molar-refractivity contribution < 1.29 is 40.1 Å². The van der Waals surface area contributed by atoms with Gasteiger partial charge in [-0.1, -0.05) is 60.7 Å². The second kappa shape index (κ2) is 15.9. The highest BCUT2D eigenvalue weighted by Crippen LogP contribution is 2.45. The summed E-state index contributed by atoms with van der Waals surface area (Å²) in [6, 6.07) is 23.4. The zero-order valence-electron chi connectivity index (χ0n) is 28.7. The smallest absolute Gasteiger partial charge is 0.269 e. The molecule has 18 nitrogen and oxygen atoms in total. The highest BCUT2D eigenvalue weighted by Gasteiger charge is 2.32. The van der Waals surface area contributed by atoms with E-state index in [0.717, 1.165) is 12.1 Å². The molecule has 0 aromatic heterocycles. The number of non-ortho nitro benzene ring substituents is 4. The SMILES string of the molecule is O=[N+]([O-])c1cccc(C(O)NC(c2cccc([N+](=O)[O-])c2)c2c(O)ccc3ccc(O)c(C(NC(O)c4cccc([N+](=O)[O-])c4)c4cccc([N+](=O)[O-])c4)c23)c1. The van der Waals surface area contributed by atoms with Gasteiger partial charge in [0.2, 0.25) is 0 Å². The standard InChI is InChI=1S/C38H30N6O12/c45-30-15-13-21-14-16-31(46)34(36(23-6-2-10-27(18-23)42(51)52)40-38(48)25-8-4-12-29(20-25)44(55)56)32(21)33(30)35(22-5-1-9-26(17-22)41(49)50)39-37(47)24-7-3-11-28(19-24)43(53)54/h1-20,35-40,45-48H. The second-order valence-electron chi connectivity index (χ2n) is 12.5. The van der Waals surface area contributed by atoms with E-state index < -0.39 is 55.7 Å². The largest absolute Gasteiger partial charge is 0.508 e. The summed E-state index contributed by atoms with van der Waals surface area (Å²) in [5, 5.41) is 99.5. The molecule has 6 N–H and O–H groups in total. The van der Waals surface area contributed by atoms with Crippen molar-refractivity contribution >= 4 is 33.5 Å². The van der Waals surface area contributed by atoms with Gasteiger partial charge in [-0.3, -0.25) is 51.1 Å². The molecule has 0 bridgehead atoms. The van der Waals surface area contributed by atoms with Crippen LogP contribution in [-0.4, -0.2) is 40.1 Å². The molecule has 56 heavy (non-hydrogen) atoms. The molecule has 284 valence electrons. The van der Waals surface area contributed by atoms with Gasteiger partial charge in [0, 0.05) is 70.8 Å². The predicted molar refractivity (Wildman–Crippen MR) is 200 cm³/mol. The molecule has 6 rings (SSSR count). The third-order valence-electron chi connectivity index (χ3n) is 9.07. The molecule has 0 amide bonds. The third-order valence-corrected chi connectivity index (χ3v) is 9.07. The van der Waals surface area contributed by atoms with Crippen LogP contribution >= 0.6 is 0 Å².